The summed E-state index contributed by atoms with van der Waals surface area (Å²) in [6.45, 7) is 2.79. The predicted octanol–water partition coefficient (Wildman–Crippen LogP) is 1.74. The van der Waals surface area contributed by atoms with Crippen LogP contribution in [0.15, 0.2) is 12.4 Å². The SMILES string of the molecule is CC(O)C1CCCN(c2cc(C(F)(F)F)nc3ncnn23)C1. The Morgan fingerprint density at radius 3 is 2.86 bits per heavy atom. The Balaban J connectivity index is 2.03. The second-order valence-electron chi connectivity index (χ2n) is 5.56. The first-order valence-electron chi connectivity index (χ1n) is 7.07. The molecule has 0 aromatic carbocycles. The van der Waals surface area contributed by atoms with Crippen molar-refractivity contribution in [1.29, 1.82) is 0 Å². The maximum atomic E-state index is 13.0. The Labute approximate surface area is 124 Å². The molecule has 0 spiro atoms. The lowest BCUT2D eigenvalue weighted by Gasteiger charge is -2.35. The average Bonchev–Trinajstić information content (AvgIpc) is 2.93. The van der Waals surface area contributed by atoms with Crippen LogP contribution >= 0.6 is 0 Å². The van der Waals surface area contributed by atoms with E-state index in [9.17, 15) is 18.3 Å². The fourth-order valence-electron chi connectivity index (χ4n) is 2.78. The second kappa shape index (κ2) is 5.38. The molecule has 0 amide bonds. The van der Waals surface area contributed by atoms with Crippen LogP contribution in [0.2, 0.25) is 0 Å². The molecule has 6 nitrogen and oxygen atoms in total. The molecular weight excluding hydrogens is 299 g/mol. The standard InChI is InChI=1S/C13H16F3N5O/c1-8(22)9-3-2-4-20(6-9)11-5-10(13(14,15)16)19-12-17-7-18-21(11)12/h5,7-9,22H,2-4,6H2,1H3. The van der Waals surface area contributed by atoms with Gasteiger partial charge in [-0.15, -0.1) is 0 Å². The number of nitrogens with zero attached hydrogens (tertiary/aromatic N) is 5. The Morgan fingerprint density at radius 2 is 2.18 bits per heavy atom. The highest BCUT2D eigenvalue weighted by Crippen LogP contribution is 2.32. The van der Waals surface area contributed by atoms with Crippen LogP contribution in [-0.2, 0) is 6.18 Å². The molecule has 1 aliphatic heterocycles. The summed E-state index contributed by atoms with van der Waals surface area (Å²) < 4.78 is 40.3. The molecule has 2 atom stereocenters. The maximum absolute atomic E-state index is 13.0. The number of anilines is 1. The summed E-state index contributed by atoms with van der Waals surface area (Å²) in [5.74, 6) is 0.249. The molecule has 1 N–H and O–H groups in total. The summed E-state index contributed by atoms with van der Waals surface area (Å²) in [5.41, 5.74) is -0.984. The zero-order valence-corrected chi connectivity index (χ0v) is 12.0. The zero-order chi connectivity index (χ0) is 15.9. The summed E-state index contributed by atoms with van der Waals surface area (Å²) in [6, 6.07) is 0.992. The number of aromatic nitrogens is 4. The predicted molar refractivity (Wildman–Crippen MR) is 72.4 cm³/mol. The number of rotatable bonds is 2. The van der Waals surface area contributed by atoms with E-state index < -0.39 is 18.0 Å². The molecule has 0 radical (unpaired) electrons. The lowest BCUT2D eigenvalue weighted by molar-refractivity contribution is -0.141. The highest BCUT2D eigenvalue weighted by atomic mass is 19.4. The highest BCUT2D eigenvalue weighted by molar-refractivity contribution is 5.48. The van der Waals surface area contributed by atoms with Crippen molar-refractivity contribution in [1.82, 2.24) is 19.6 Å². The molecule has 9 heteroatoms. The molecule has 22 heavy (non-hydrogen) atoms. The molecule has 2 aromatic rings. The Hall–Kier alpha value is -1.90. The quantitative estimate of drug-likeness (QED) is 0.914. The van der Waals surface area contributed by atoms with Gasteiger partial charge in [-0.25, -0.2) is 4.98 Å². The summed E-state index contributed by atoms with van der Waals surface area (Å²) in [6.07, 6.45) is -2.20. The van der Waals surface area contributed by atoms with Crippen LogP contribution in [0.3, 0.4) is 0 Å². The van der Waals surface area contributed by atoms with E-state index in [1.807, 2.05) is 0 Å². The van der Waals surface area contributed by atoms with Crippen LogP contribution in [0.25, 0.3) is 5.78 Å². The zero-order valence-electron chi connectivity index (χ0n) is 12.0. The summed E-state index contributed by atoms with van der Waals surface area (Å²) >= 11 is 0. The molecular formula is C13H16F3N5O. The summed E-state index contributed by atoms with van der Waals surface area (Å²) in [4.78, 5) is 9.08. The van der Waals surface area contributed by atoms with Gasteiger partial charge in [-0.2, -0.15) is 27.8 Å². The van der Waals surface area contributed by atoms with Crippen molar-refractivity contribution >= 4 is 11.6 Å². The lowest BCUT2D eigenvalue weighted by Crippen LogP contribution is -2.40. The number of piperidine rings is 1. The third-order valence-electron chi connectivity index (χ3n) is 3.99. The van der Waals surface area contributed by atoms with Crippen LogP contribution < -0.4 is 4.90 Å². The van der Waals surface area contributed by atoms with Crippen LogP contribution in [0.4, 0.5) is 19.0 Å². The van der Waals surface area contributed by atoms with Gasteiger partial charge >= 0.3 is 6.18 Å². The minimum atomic E-state index is -4.54. The molecule has 0 bridgehead atoms. The summed E-state index contributed by atoms with van der Waals surface area (Å²) in [7, 11) is 0. The number of halogens is 3. The molecule has 120 valence electrons. The molecule has 2 unspecified atom stereocenters. The first kappa shape index (κ1) is 15.0. The van der Waals surface area contributed by atoms with E-state index in [2.05, 4.69) is 15.1 Å². The van der Waals surface area contributed by atoms with Crippen molar-refractivity contribution < 1.29 is 18.3 Å². The fourth-order valence-corrected chi connectivity index (χ4v) is 2.78. The van der Waals surface area contributed by atoms with E-state index in [1.165, 1.54) is 10.8 Å². The molecule has 1 fully saturated rings. The monoisotopic (exact) mass is 315 g/mol. The normalized spacial score (nSPS) is 21.3. The van der Waals surface area contributed by atoms with Gasteiger partial charge in [0.25, 0.3) is 5.78 Å². The van der Waals surface area contributed by atoms with Gasteiger partial charge in [-0.05, 0) is 19.8 Å². The number of hydrogen-bond donors (Lipinski definition) is 1. The van der Waals surface area contributed by atoms with E-state index in [1.54, 1.807) is 11.8 Å². The van der Waals surface area contributed by atoms with Gasteiger partial charge in [-0.3, -0.25) is 0 Å². The fraction of sp³-hybridized carbons (Fsp3) is 0.615. The van der Waals surface area contributed by atoms with Crippen molar-refractivity contribution in [2.24, 2.45) is 5.92 Å². The van der Waals surface area contributed by atoms with Crippen LogP contribution in [0.1, 0.15) is 25.5 Å². The molecule has 1 aliphatic rings. The van der Waals surface area contributed by atoms with Gasteiger partial charge in [0.15, 0.2) is 5.69 Å². The van der Waals surface area contributed by atoms with Crippen molar-refractivity contribution in [3.8, 4) is 0 Å². The average molecular weight is 315 g/mol. The van der Waals surface area contributed by atoms with Gasteiger partial charge in [0.2, 0.25) is 0 Å². The highest BCUT2D eigenvalue weighted by Gasteiger charge is 2.35. The first-order valence-corrected chi connectivity index (χ1v) is 7.07. The third kappa shape index (κ3) is 2.72. The van der Waals surface area contributed by atoms with E-state index in [4.69, 9.17) is 0 Å². The second-order valence-corrected chi connectivity index (χ2v) is 5.56. The van der Waals surface area contributed by atoms with Gasteiger partial charge in [-0.1, -0.05) is 0 Å². The molecule has 1 saturated heterocycles. The Morgan fingerprint density at radius 1 is 1.41 bits per heavy atom. The summed E-state index contributed by atoms with van der Waals surface area (Å²) in [5, 5.41) is 13.7. The number of aliphatic hydroxyl groups excluding tert-OH is 1. The lowest BCUT2D eigenvalue weighted by atomic mass is 9.93. The van der Waals surface area contributed by atoms with Crippen molar-refractivity contribution in [2.75, 3.05) is 18.0 Å². The van der Waals surface area contributed by atoms with E-state index in [0.29, 0.717) is 18.9 Å². The van der Waals surface area contributed by atoms with Gasteiger partial charge in [0.05, 0.1) is 6.10 Å². The molecule has 2 aromatic heterocycles. The van der Waals surface area contributed by atoms with Crippen LogP contribution in [0, 0.1) is 5.92 Å². The van der Waals surface area contributed by atoms with Gasteiger partial charge in [0.1, 0.15) is 12.1 Å². The molecule has 3 rings (SSSR count). The molecule has 0 aliphatic carbocycles. The number of aliphatic hydroxyl groups is 1. The Bertz CT molecular complexity index is 669. The number of alkyl halides is 3. The first-order chi connectivity index (χ1) is 10.4. The smallest absolute Gasteiger partial charge is 0.393 e. The topological polar surface area (TPSA) is 66.5 Å². The maximum Gasteiger partial charge on any atom is 0.433 e. The van der Waals surface area contributed by atoms with Crippen molar-refractivity contribution in [3.63, 3.8) is 0 Å². The van der Waals surface area contributed by atoms with E-state index in [-0.39, 0.29) is 11.7 Å². The largest absolute Gasteiger partial charge is 0.433 e. The minimum absolute atomic E-state index is 0.0230. The van der Waals surface area contributed by atoms with Gasteiger partial charge in [0, 0.05) is 25.1 Å². The number of fused-ring (bicyclic) bond motifs is 1. The van der Waals surface area contributed by atoms with Crippen molar-refractivity contribution in [3.05, 3.63) is 18.1 Å². The van der Waals surface area contributed by atoms with Crippen molar-refractivity contribution in [2.45, 2.75) is 32.0 Å². The molecule has 0 saturated carbocycles. The minimum Gasteiger partial charge on any atom is -0.393 e. The van der Waals surface area contributed by atoms with Crippen LogP contribution in [-0.4, -0.2) is 43.9 Å². The van der Waals surface area contributed by atoms with E-state index in [0.717, 1.165) is 18.9 Å². The third-order valence-corrected chi connectivity index (χ3v) is 3.99. The van der Waals surface area contributed by atoms with Gasteiger partial charge < -0.3 is 10.0 Å². The molecule has 3 heterocycles. The number of hydrogen-bond acceptors (Lipinski definition) is 5. The van der Waals surface area contributed by atoms with E-state index >= 15 is 0 Å². The Kier molecular flexibility index (Phi) is 3.67. The van der Waals surface area contributed by atoms with Crippen LogP contribution in [0.5, 0.6) is 0 Å².